The van der Waals surface area contributed by atoms with E-state index in [0.717, 1.165) is 11.1 Å². The molecule has 37 heavy (non-hydrogen) atoms. The number of carbonyl (C=O) groups is 1. The molecule has 0 bridgehead atoms. The summed E-state index contributed by atoms with van der Waals surface area (Å²) in [6, 6.07) is 18.1. The van der Waals surface area contributed by atoms with Crippen LogP contribution in [0.5, 0.6) is 0 Å². The second-order valence-electron chi connectivity index (χ2n) is 8.88. The molecule has 0 fully saturated rings. The summed E-state index contributed by atoms with van der Waals surface area (Å²) in [7, 11) is -8.00. The van der Waals surface area contributed by atoms with E-state index in [1.165, 1.54) is 36.4 Å². The molecule has 2 heterocycles. The molecule has 6 nitrogen and oxygen atoms in total. The highest BCUT2D eigenvalue weighted by Crippen LogP contribution is 2.38. The Balaban J connectivity index is 1.61. The molecule has 0 atom stereocenters. The molecule has 0 saturated heterocycles. The zero-order chi connectivity index (χ0) is 26.5. The van der Waals surface area contributed by atoms with Gasteiger partial charge in [-0.3, -0.25) is 4.79 Å². The lowest BCUT2D eigenvalue weighted by Crippen LogP contribution is -2.03. The van der Waals surface area contributed by atoms with E-state index in [0.29, 0.717) is 11.1 Å². The smallest absolute Gasteiger partial charge is 0.211 e. The Labute approximate surface area is 215 Å². The number of Topliss-reactive ketones (excluding diaryl/α,β-unsaturated/α-hetero) is 1. The van der Waals surface area contributed by atoms with Crippen molar-refractivity contribution in [3.05, 3.63) is 129 Å². The van der Waals surface area contributed by atoms with E-state index >= 15 is 0 Å². The fourth-order valence-electron chi connectivity index (χ4n) is 4.40. The minimum absolute atomic E-state index is 0.0363. The lowest BCUT2D eigenvalue weighted by molar-refractivity contribution is -0.244. The number of hydrogen-bond donors (Lipinski definition) is 0. The molecule has 3 aromatic rings. The summed E-state index contributed by atoms with van der Waals surface area (Å²) in [6.45, 7) is 3.55. The first kappa shape index (κ1) is 24.7. The number of carbonyl (C=O) groups excluding carboxylic acids is 1. The van der Waals surface area contributed by atoms with E-state index in [4.69, 9.17) is 0 Å². The minimum atomic E-state index is -4.00. The first-order valence-corrected chi connectivity index (χ1v) is 14.3. The third-order valence-corrected chi connectivity index (χ3v) is 9.97. The molecule has 0 N–H and O–H groups in total. The van der Waals surface area contributed by atoms with Gasteiger partial charge >= 0.3 is 0 Å². The van der Waals surface area contributed by atoms with Crippen molar-refractivity contribution in [3.8, 4) is 0 Å². The van der Waals surface area contributed by atoms with Gasteiger partial charge in [0.15, 0.2) is 0 Å². The molecule has 0 aromatic heterocycles. The van der Waals surface area contributed by atoms with E-state index < -0.39 is 31.2 Å². The summed E-state index contributed by atoms with van der Waals surface area (Å²) in [5.41, 5.74) is 2.85. The Bertz CT molecular complexity index is 1820. The predicted octanol–water partition coefficient (Wildman–Crippen LogP) is 4.31. The van der Waals surface area contributed by atoms with Crippen molar-refractivity contribution in [3.63, 3.8) is 0 Å². The molecule has 2 aliphatic rings. The molecule has 0 aliphatic carbocycles. The number of rotatable bonds is 4. The molecule has 0 saturated carbocycles. The van der Waals surface area contributed by atoms with E-state index in [9.17, 15) is 26.7 Å². The Hall–Kier alpha value is -4.01. The van der Waals surface area contributed by atoms with Gasteiger partial charge in [0.05, 0.1) is 14.7 Å². The maximum absolute atomic E-state index is 13.0. The molecule has 8 heteroatoms. The zero-order valence-electron chi connectivity index (χ0n) is 19.9. The fraction of sp³-hybridized carbons (Fsp3) is 0.0690. The number of ketones is 1. The van der Waals surface area contributed by atoms with Gasteiger partial charge in [-0.25, -0.2) is 16.8 Å². The molecule has 0 unspecified atom stereocenters. The summed E-state index contributed by atoms with van der Waals surface area (Å²) < 4.78 is 52.2. The average Bonchev–Trinajstić information content (AvgIpc) is 3.16. The molecular formula is C29H21O6S2-. The second-order valence-corrected chi connectivity index (χ2v) is 12.7. The van der Waals surface area contributed by atoms with Crippen molar-refractivity contribution in [2.24, 2.45) is 0 Å². The van der Waals surface area contributed by atoms with Crippen molar-refractivity contribution in [2.75, 3.05) is 0 Å². The van der Waals surface area contributed by atoms with Crippen LogP contribution in [0.4, 0.5) is 0 Å². The van der Waals surface area contributed by atoms with Gasteiger partial charge in [0.25, 0.3) is 0 Å². The molecule has 0 spiro atoms. The Morgan fingerprint density at radius 3 is 2.03 bits per heavy atom. The van der Waals surface area contributed by atoms with Crippen LogP contribution in [-0.4, -0.2) is 22.6 Å². The van der Waals surface area contributed by atoms with Crippen LogP contribution in [0.3, 0.4) is 0 Å². The van der Waals surface area contributed by atoms with E-state index in [1.807, 2.05) is 0 Å². The van der Waals surface area contributed by atoms with Crippen molar-refractivity contribution in [1.82, 2.24) is 0 Å². The van der Waals surface area contributed by atoms with Gasteiger partial charge in [0.1, 0.15) is 4.91 Å². The largest absolute Gasteiger partial charge is 0.871 e. The van der Waals surface area contributed by atoms with Gasteiger partial charge in [0.2, 0.25) is 25.5 Å². The summed E-state index contributed by atoms with van der Waals surface area (Å²) in [5.74, 6) is -1.19. The predicted molar refractivity (Wildman–Crippen MR) is 140 cm³/mol. The highest BCUT2D eigenvalue weighted by Gasteiger charge is 2.38. The maximum atomic E-state index is 13.0. The Morgan fingerprint density at radius 2 is 1.38 bits per heavy atom. The third-order valence-electron chi connectivity index (χ3n) is 6.30. The van der Waals surface area contributed by atoms with E-state index in [2.05, 4.69) is 0 Å². The van der Waals surface area contributed by atoms with Crippen LogP contribution in [0, 0.1) is 13.8 Å². The fourth-order valence-corrected chi connectivity index (χ4v) is 7.45. The van der Waals surface area contributed by atoms with Crippen LogP contribution in [0.2, 0.25) is 0 Å². The second kappa shape index (κ2) is 8.83. The monoisotopic (exact) mass is 529 g/mol. The first-order valence-electron chi connectivity index (χ1n) is 11.3. The molecule has 0 amide bonds. The molecule has 0 radical (unpaired) electrons. The topological polar surface area (TPSA) is 108 Å². The van der Waals surface area contributed by atoms with Crippen LogP contribution in [0.1, 0.15) is 32.6 Å². The normalized spacial score (nSPS) is 19.0. The summed E-state index contributed by atoms with van der Waals surface area (Å²) >= 11 is 0. The SMILES string of the molecule is Cc1ccc2c(c1)C(=O)C(=CC=C(C=CC1=C([O-])c3cc(C)ccc3S1(=O)=O)c1ccccc1)S2(=O)=O. The minimum Gasteiger partial charge on any atom is -0.871 e. The number of sulfone groups is 2. The van der Waals surface area contributed by atoms with E-state index in [-0.39, 0.29) is 30.7 Å². The van der Waals surface area contributed by atoms with Crippen LogP contribution in [0.15, 0.2) is 111 Å². The Morgan fingerprint density at radius 1 is 0.784 bits per heavy atom. The average molecular weight is 530 g/mol. The lowest BCUT2D eigenvalue weighted by atomic mass is 10.0. The molecule has 3 aromatic carbocycles. The van der Waals surface area contributed by atoms with Gasteiger partial charge in [0, 0.05) is 5.56 Å². The highest BCUT2D eigenvalue weighted by molar-refractivity contribution is 7.97. The van der Waals surface area contributed by atoms with Gasteiger partial charge in [-0.15, -0.1) is 0 Å². The van der Waals surface area contributed by atoms with Crippen LogP contribution in [0.25, 0.3) is 11.3 Å². The number of fused-ring (bicyclic) bond motifs is 2. The van der Waals surface area contributed by atoms with Gasteiger partial charge in [-0.1, -0.05) is 77.6 Å². The summed E-state index contributed by atoms with van der Waals surface area (Å²) in [4.78, 5) is 12.1. The van der Waals surface area contributed by atoms with E-state index in [1.54, 1.807) is 68.4 Å². The van der Waals surface area contributed by atoms with Crippen molar-refractivity contribution in [1.29, 1.82) is 0 Å². The van der Waals surface area contributed by atoms with Gasteiger partial charge < -0.3 is 5.11 Å². The summed E-state index contributed by atoms with van der Waals surface area (Å²) in [6.07, 6.45) is 5.35. The molecule has 2 aliphatic heterocycles. The first-order chi connectivity index (χ1) is 17.5. The Kier molecular flexibility index (Phi) is 5.89. The zero-order valence-corrected chi connectivity index (χ0v) is 21.6. The van der Waals surface area contributed by atoms with Crippen LogP contribution < -0.4 is 5.11 Å². The van der Waals surface area contributed by atoms with Crippen molar-refractivity contribution >= 4 is 36.8 Å². The standard InChI is InChI=1S/C29H22O6S2/c1-18-8-12-24-22(16-18)28(30)26(36(24,32)33)14-10-21(20-6-4-3-5-7-20)11-15-27-29(31)23-17-19(2)9-13-25(23)37(27,34)35/h3-17,30H,1-2H3/p-1. The summed E-state index contributed by atoms with van der Waals surface area (Å²) in [5, 5.41) is 12.9. The van der Waals surface area contributed by atoms with Gasteiger partial charge in [-0.2, -0.15) is 0 Å². The molecular weight excluding hydrogens is 508 g/mol. The molecule has 186 valence electrons. The van der Waals surface area contributed by atoms with Crippen LogP contribution in [-0.2, 0) is 19.7 Å². The van der Waals surface area contributed by atoms with Gasteiger partial charge in [-0.05, 0) is 60.9 Å². The van der Waals surface area contributed by atoms with Crippen molar-refractivity contribution < 1.29 is 26.7 Å². The quantitative estimate of drug-likeness (QED) is 0.368. The lowest BCUT2D eigenvalue weighted by Gasteiger charge is -2.09. The molecule has 5 rings (SSSR count). The highest BCUT2D eigenvalue weighted by atomic mass is 32.2. The van der Waals surface area contributed by atoms with Crippen LogP contribution >= 0.6 is 0 Å². The number of aryl methyl sites for hydroxylation is 2. The third kappa shape index (κ3) is 4.08. The maximum Gasteiger partial charge on any atom is 0.211 e. The number of benzene rings is 3. The van der Waals surface area contributed by atoms with Crippen molar-refractivity contribution in [2.45, 2.75) is 23.6 Å². The number of allylic oxidation sites excluding steroid dienone is 6. The number of hydrogen-bond acceptors (Lipinski definition) is 6.